The number of nitrogens with zero attached hydrogens (tertiary/aromatic N) is 1. The number of piperidine rings is 1. The van der Waals surface area contributed by atoms with Crippen LogP contribution in [-0.4, -0.2) is 45.6 Å². The normalized spacial score (nSPS) is 22.5. The summed E-state index contributed by atoms with van der Waals surface area (Å²) < 4.78 is 70.4. The third kappa shape index (κ3) is 4.73. The maximum atomic E-state index is 12.7. The summed E-state index contributed by atoms with van der Waals surface area (Å²) in [6, 6.07) is 13.8. The van der Waals surface area contributed by atoms with Crippen molar-refractivity contribution in [3.05, 3.63) is 59.7 Å². The summed E-state index contributed by atoms with van der Waals surface area (Å²) in [5.41, 5.74) is -3.89. The molecule has 0 amide bonds. The average molecular weight is 470 g/mol. The number of hydrogen-bond acceptors (Lipinski definition) is 5. The van der Waals surface area contributed by atoms with Crippen LogP contribution < -0.4 is 8.92 Å². The highest BCUT2D eigenvalue weighted by atomic mass is 32.2. The van der Waals surface area contributed by atoms with Gasteiger partial charge in [-0.05, 0) is 73.5 Å². The fourth-order valence-electron chi connectivity index (χ4n) is 4.53. The number of alkyl halides is 3. The minimum absolute atomic E-state index is 0.363. The number of rotatable bonds is 7. The number of halogens is 3. The van der Waals surface area contributed by atoms with Crippen molar-refractivity contribution < 1.29 is 30.5 Å². The van der Waals surface area contributed by atoms with Gasteiger partial charge in [-0.25, -0.2) is 0 Å². The van der Waals surface area contributed by atoms with E-state index < -0.39 is 15.6 Å². The van der Waals surface area contributed by atoms with Gasteiger partial charge >= 0.3 is 15.6 Å². The second-order valence-corrected chi connectivity index (χ2v) is 10.1. The first-order valence-corrected chi connectivity index (χ1v) is 12.0. The van der Waals surface area contributed by atoms with Gasteiger partial charge in [-0.1, -0.05) is 24.3 Å². The van der Waals surface area contributed by atoms with Crippen molar-refractivity contribution in [1.29, 1.82) is 0 Å². The zero-order chi connectivity index (χ0) is 23.0. The van der Waals surface area contributed by atoms with Gasteiger partial charge in [0.2, 0.25) is 0 Å². The maximum absolute atomic E-state index is 12.7. The van der Waals surface area contributed by atoms with Crippen LogP contribution in [0.4, 0.5) is 13.2 Å². The van der Waals surface area contributed by atoms with Crippen LogP contribution in [0.5, 0.6) is 11.5 Å². The topological polar surface area (TPSA) is 55.8 Å². The first kappa shape index (κ1) is 22.9. The number of likely N-dealkylation sites (tertiary alicyclic amines) is 1. The van der Waals surface area contributed by atoms with Crippen LogP contribution in [0.25, 0.3) is 0 Å². The second kappa shape index (κ2) is 8.59. The van der Waals surface area contributed by atoms with Crippen molar-refractivity contribution in [3.63, 3.8) is 0 Å². The molecule has 2 aromatic rings. The van der Waals surface area contributed by atoms with Crippen LogP contribution in [-0.2, 0) is 15.5 Å². The first-order chi connectivity index (χ1) is 15.1. The van der Waals surface area contributed by atoms with E-state index in [1.807, 2.05) is 24.3 Å². The molecular formula is C23H26F3NO4S. The molecule has 4 rings (SSSR count). The molecule has 1 unspecified atom stereocenters. The lowest BCUT2D eigenvalue weighted by Crippen LogP contribution is -2.47. The fraction of sp³-hybridized carbons (Fsp3) is 0.478. The zero-order valence-corrected chi connectivity index (χ0v) is 18.6. The molecule has 1 atom stereocenters. The molecule has 2 aromatic carbocycles. The fourth-order valence-corrected chi connectivity index (χ4v) is 4.99. The summed E-state index contributed by atoms with van der Waals surface area (Å²) in [6.45, 7) is 2.82. The number of ether oxygens (including phenoxy) is 1. The quantitative estimate of drug-likeness (QED) is 0.434. The van der Waals surface area contributed by atoms with E-state index in [9.17, 15) is 21.6 Å². The van der Waals surface area contributed by atoms with Crippen molar-refractivity contribution in [1.82, 2.24) is 4.90 Å². The molecule has 32 heavy (non-hydrogen) atoms. The summed E-state index contributed by atoms with van der Waals surface area (Å²) in [6.07, 6.45) is 4.35. The molecule has 0 N–H and O–H groups in total. The molecule has 174 valence electrons. The van der Waals surface area contributed by atoms with E-state index in [0.29, 0.717) is 0 Å². The van der Waals surface area contributed by atoms with Crippen LogP contribution in [0.2, 0.25) is 0 Å². The average Bonchev–Trinajstić information content (AvgIpc) is 3.57. The van der Waals surface area contributed by atoms with Crippen LogP contribution in [0, 0.1) is 5.92 Å². The molecule has 1 aliphatic heterocycles. The summed E-state index contributed by atoms with van der Waals surface area (Å²) >= 11 is 0. The van der Waals surface area contributed by atoms with Crippen molar-refractivity contribution in [3.8, 4) is 11.5 Å². The van der Waals surface area contributed by atoms with Crippen LogP contribution in [0.1, 0.15) is 36.8 Å². The van der Waals surface area contributed by atoms with Gasteiger partial charge in [-0.3, -0.25) is 0 Å². The Labute approximate surface area is 186 Å². The minimum atomic E-state index is -5.70. The largest absolute Gasteiger partial charge is 0.534 e. The Hall–Kier alpha value is -2.26. The van der Waals surface area contributed by atoms with Crippen LogP contribution in [0.15, 0.2) is 48.5 Å². The van der Waals surface area contributed by atoms with Crippen molar-refractivity contribution >= 4 is 10.1 Å². The molecule has 9 heteroatoms. The summed E-state index contributed by atoms with van der Waals surface area (Å²) in [7, 11) is -4.09. The molecule has 5 nitrogen and oxygen atoms in total. The molecule has 2 fully saturated rings. The van der Waals surface area contributed by atoms with Gasteiger partial charge in [0.25, 0.3) is 0 Å². The highest BCUT2D eigenvalue weighted by Crippen LogP contribution is 2.43. The lowest BCUT2D eigenvalue weighted by Gasteiger charge is -2.44. The van der Waals surface area contributed by atoms with Gasteiger partial charge in [0, 0.05) is 18.5 Å². The van der Waals surface area contributed by atoms with E-state index in [2.05, 4.69) is 9.08 Å². The first-order valence-electron chi connectivity index (χ1n) is 10.6. The predicted molar refractivity (Wildman–Crippen MR) is 114 cm³/mol. The minimum Gasteiger partial charge on any atom is -0.497 e. The van der Waals surface area contributed by atoms with Crippen LogP contribution in [0.3, 0.4) is 0 Å². The van der Waals surface area contributed by atoms with Gasteiger partial charge in [-0.2, -0.15) is 21.6 Å². The van der Waals surface area contributed by atoms with Gasteiger partial charge < -0.3 is 13.8 Å². The molecule has 1 saturated carbocycles. The molecule has 1 aliphatic carbocycles. The molecule has 1 heterocycles. The third-order valence-corrected chi connectivity index (χ3v) is 7.28. The van der Waals surface area contributed by atoms with Gasteiger partial charge in [0.15, 0.2) is 0 Å². The van der Waals surface area contributed by atoms with Gasteiger partial charge in [0.05, 0.1) is 7.11 Å². The highest BCUT2D eigenvalue weighted by molar-refractivity contribution is 7.88. The summed E-state index contributed by atoms with van der Waals surface area (Å²) in [4.78, 5) is 2.46. The van der Waals surface area contributed by atoms with E-state index in [1.165, 1.54) is 25.0 Å². The predicted octanol–water partition coefficient (Wildman–Crippen LogP) is 4.72. The lowest BCUT2D eigenvalue weighted by molar-refractivity contribution is -0.0500. The Morgan fingerprint density at radius 3 is 2.41 bits per heavy atom. The lowest BCUT2D eigenvalue weighted by atomic mass is 9.69. The molecule has 0 radical (unpaired) electrons. The van der Waals surface area contributed by atoms with Crippen molar-refractivity contribution in [2.45, 2.75) is 36.6 Å². The third-order valence-electron chi connectivity index (χ3n) is 6.30. The van der Waals surface area contributed by atoms with Crippen molar-refractivity contribution in [2.24, 2.45) is 5.92 Å². The SMILES string of the molecule is COc1cccc(C2(c3ccc(OS(=O)(=O)C(F)(F)F)cc3)CCCN(CC3CC3)C2)c1. The maximum Gasteiger partial charge on any atom is 0.534 e. The second-order valence-electron chi connectivity index (χ2n) is 8.60. The molecule has 2 aliphatic rings. The molecular weight excluding hydrogens is 443 g/mol. The monoisotopic (exact) mass is 469 g/mol. The molecule has 1 saturated heterocycles. The van der Waals surface area contributed by atoms with Gasteiger partial charge in [0.1, 0.15) is 11.5 Å². The molecule has 0 aromatic heterocycles. The van der Waals surface area contributed by atoms with Crippen LogP contribution >= 0.6 is 0 Å². The Morgan fingerprint density at radius 2 is 1.78 bits per heavy atom. The standard InChI is InChI=1S/C23H26F3NO4S/c1-30-21-5-2-4-19(14-21)22(12-3-13-27(16-22)15-17-6-7-17)18-8-10-20(11-9-18)31-32(28,29)23(24,25)26/h2,4-5,8-11,14,17H,3,6-7,12-13,15-16H2,1H3. The zero-order valence-electron chi connectivity index (χ0n) is 17.8. The molecule has 0 spiro atoms. The van der Waals surface area contributed by atoms with E-state index >= 15 is 0 Å². The highest BCUT2D eigenvalue weighted by Gasteiger charge is 2.48. The number of methoxy groups -OCH3 is 1. The van der Waals surface area contributed by atoms with E-state index in [-0.39, 0.29) is 11.2 Å². The Kier molecular flexibility index (Phi) is 6.15. The van der Waals surface area contributed by atoms with E-state index in [0.717, 1.165) is 55.3 Å². The summed E-state index contributed by atoms with van der Waals surface area (Å²) in [5, 5.41) is 0. The smallest absolute Gasteiger partial charge is 0.497 e. The van der Waals surface area contributed by atoms with E-state index in [1.54, 1.807) is 19.2 Å². The molecule has 0 bridgehead atoms. The Bertz CT molecular complexity index is 1050. The van der Waals surface area contributed by atoms with Gasteiger partial charge in [-0.15, -0.1) is 0 Å². The summed E-state index contributed by atoms with van der Waals surface area (Å²) in [5.74, 6) is 1.11. The Morgan fingerprint density at radius 1 is 1.06 bits per heavy atom. The van der Waals surface area contributed by atoms with Crippen molar-refractivity contribution in [2.75, 3.05) is 26.7 Å². The number of hydrogen-bond donors (Lipinski definition) is 0. The Balaban J connectivity index is 1.68. The van der Waals surface area contributed by atoms with E-state index in [4.69, 9.17) is 4.74 Å². The number of benzene rings is 2.